The van der Waals surface area contributed by atoms with Crippen molar-refractivity contribution in [1.29, 1.82) is 0 Å². The Labute approximate surface area is 108 Å². The predicted octanol–water partition coefficient (Wildman–Crippen LogP) is 1.09. The van der Waals surface area contributed by atoms with Crippen LogP contribution >= 0.6 is 0 Å². The van der Waals surface area contributed by atoms with Crippen LogP contribution in [0.5, 0.6) is 0 Å². The minimum Gasteiger partial charge on any atom is -0.376 e. The quantitative estimate of drug-likeness (QED) is 0.840. The molecule has 1 aromatic heterocycles. The van der Waals surface area contributed by atoms with Crippen LogP contribution in [0.2, 0.25) is 0 Å². The van der Waals surface area contributed by atoms with Crippen LogP contribution in [0.4, 0.5) is 11.4 Å². The number of hydrogen-bond acceptors (Lipinski definition) is 4. The zero-order valence-electron chi connectivity index (χ0n) is 10.9. The maximum atomic E-state index is 12.1. The van der Waals surface area contributed by atoms with Gasteiger partial charge in [0.2, 0.25) is 5.91 Å². The van der Waals surface area contributed by atoms with Crippen LogP contribution in [0.1, 0.15) is 12.8 Å². The summed E-state index contributed by atoms with van der Waals surface area (Å²) in [6.07, 6.45) is 5.44. The lowest BCUT2D eigenvalue weighted by molar-refractivity contribution is -0.120. The highest BCUT2D eigenvalue weighted by Gasteiger charge is 2.21. The second-order valence-electron chi connectivity index (χ2n) is 4.82. The third-order valence-electron chi connectivity index (χ3n) is 3.21. The fourth-order valence-electron chi connectivity index (χ4n) is 2.18. The monoisotopic (exact) mass is 248 g/mol. The number of pyridine rings is 1. The van der Waals surface area contributed by atoms with Crippen LogP contribution in [0, 0.1) is 5.92 Å². The molecule has 5 heteroatoms. The first-order valence-corrected chi connectivity index (χ1v) is 6.31. The molecule has 1 unspecified atom stereocenters. The number of hydrogen-bond donors (Lipinski definition) is 2. The van der Waals surface area contributed by atoms with Crippen molar-refractivity contribution < 1.29 is 4.79 Å². The summed E-state index contributed by atoms with van der Waals surface area (Å²) in [5, 5.41) is 6.23. The SMILES string of the molecule is CN(C)c1ccncc1NC(=O)C1CCCNC1. The minimum atomic E-state index is 0.0639. The van der Waals surface area contributed by atoms with Crippen molar-refractivity contribution in [3.63, 3.8) is 0 Å². The van der Waals surface area contributed by atoms with E-state index < -0.39 is 0 Å². The first kappa shape index (κ1) is 12.8. The second-order valence-corrected chi connectivity index (χ2v) is 4.82. The molecule has 98 valence electrons. The van der Waals surface area contributed by atoms with E-state index in [9.17, 15) is 4.79 Å². The summed E-state index contributed by atoms with van der Waals surface area (Å²) in [5.74, 6) is 0.146. The molecule has 1 aromatic rings. The lowest BCUT2D eigenvalue weighted by Crippen LogP contribution is -2.37. The van der Waals surface area contributed by atoms with Gasteiger partial charge in [0.15, 0.2) is 0 Å². The van der Waals surface area contributed by atoms with Crippen molar-refractivity contribution in [2.75, 3.05) is 37.4 Å². The predicted molar refractivity (Wildman–Crippen MR) is 72.8 cm³/mol. The maximum absolute atomic E-state index is 12.1. The van der Waals surface area contributed by atoms with Crippen molar-refractivity contribution in [1.82, 2.24) is 10.3 Å². The standard InChI is InChI=1S/C13H20N4O/c1-17(2)12-5-7-15-9-11(12)16-13(18)10-4-3-6-14-8-10/h5,7,9-10,14H,3-4,6,8H2,1-2H3,(H,16,18). The summed E-state index contributed by atoms with van der Waals surface area (Å²) in [4.78, 5) is 18.2. The van der Waals surface area contributed by atoms with Gasteiger partial charge in [-0.15, -0.1) is 0 Å². The number of aromatic nitrogens is 1. The summed E-state index contributed by atoms with van der Waals surface area (Å²) < 4.78 is 0. The zero-order chi connectivity index (χ0) is 13.0. The van der Waals surface area contributed by atoms with Gasteiger partial charge in [-0.1, -0.05) is 0 Å². The summed E-state index contributed by atoms with van der Waals surface area (Å²) in [6, 6.07) is 1.90. The fraction of sp³-hybridized carbons (Fsp3) is 0.538. The Hall–Kier alpha value is -1.62. The lowest BCUT2D eigenvalue weighted by atomic mass is 9.99. The molecule has 2 rings (SSSR count). The fourth-order valence-corrected chi connectivity index (χ4v) is 2.18. The van der Waals surface area contributed by atoms with Gasteiger partial charge >= 0.3 is 0 Å². The van der Waals surface area contributed by atoms with Crippen molar-refractivity contribution in [3.05, 3.63) is 18.5 Å². The van der Waals surface area contributed by atoms with E-state index in [0.29, 0.717) is 0 Å². The molecule has 0 bridgehead atoms. The number of carbonyl (C=O) groups is 1. The molecule has 1 fully saturated rings. The van der Waals surface area contributed by atoms with E-state index >= 15 is 0 Å². The van der Waals surface area contributed by atoms with E-state index in [1.54, 1.807) is 12.4 Å². The van der Waals surface area contributed by atoms with Gasteiger partial charge < -0.3 is 15.5 Å². The van der Waals surface area contributed by atoms with E-state index in [1.807, 2.05) is 25.1 Å². The molecule has 2 heterocycles. The Morgan fingerprint density at radius 2 is 2.39 bits per heavy atom. The number of nitrogens with zero attached hydrogens (tertiary/aromatic N) is 2. The van der Waals surface area contributed by atoms with Gasteiger partial charge in [-0.2, -0.15) is 0 Å². The number of rotatable bonds is 3. The minimum absolute atomic E-state index is 0.0639. The van der Waals surface area contributed by atoms with E-state index in [1.165, 1.54) is 0 Å². The van der Waals surface area contributed by atoms with Gasteiger partial charge in [-0.3, -0.25) is 9.78 Å². The van der Waals surface area contributed by atoms with E-state index in [0.717, 1.165) is 37.3 Å². The van der Waals surface area contributed by atoms with E-state index in [2.05, 4.69) is 15.6 Å². The van der Waals surface area contributed by atoms with Gasteiger partial charge in [0, 0.05) is 26.8 Å². The molecule has 0 aromatic carbocycles. The highest BCUT2D eigenvalue weighted by molar-refractivity contribution is 5.95. The molecule has 2 N–H and O–H groups in total. The molecule has 0 saturated carbocycles. The summed E-state index contributed by atoms with van der Waals surface area (Å²) in [5.41, 5.74) is 1.75. The average molecular weight is 248 g/mol. The molecule has 0 aliphatic carbocycles. The maximum Gasteiger partial charge on any atom is 0.228 e. The smallest absolute Gasteiger partial charge is 0.228 e. The number of piperidine rings is 1. The van der Waals surface area contributed by atoms with Gasteiger partial charge in [0.1, 0.15) is 0 Å². The second kappa shape index (κ2) is 5.82. The van der Waals surface area contributed by atoms with E-state index in [4.69, 9.17) is 0 Å². The van der Waals surface area contributed by atoms with Crippen LogP contribution in [-0.4, -0.2) is 38.1 Å². The molecule has 1 atom stereocenters. The Bertz CT molecular complexity index is 413. The Morgan fingerprint density at radius 3 is 3.06 bits per heavy atom. The molecular weight excluding hydrogens is 228 g/mol. The van der Waals surface area contributed by atoms with Crippen molar-refractivity contribution in [3.8, 4) is 0 Å². The van der Waals surface area contributed by atoms with Crippen LogP contribution in [-0.2, 0) is 4.79 Å². The lowest BCUT2D eigenvalue weighted by Gasteiger charge is -2.23. The summed E-state index contributed by atoms with van der Waals surface area (Å²) >= 11 is 0. The number of carbonyl (C=O) groups excluding carboxylic acids is 1. The Kier molecular flexibility index (Phi) is 4.15. The van der Waals surface area contributed by atoms with Gasteiger partial charge in [-0.25, -0.2) is 0 Å². The highest BCUT2D eigenvalue weighted by Crippen LogP contribution is 2.23. The summed E-state index contributed by atoms with van der Waals surface area (Å²) in [6.45, 7) is 1.78. The van der Waals surface area contributed by atoms with Gasteiger partial charge in [-0.05, 0) is 25.5 Å². The average Bonchev–Trinajstić information content (AvgIpc) is 2.40. The largest absolute Gasteiger partial charge is 0.376 e. The molecule has 1 amide bonds. The molecule has 0 radical (unpaired) electrons. The normalized spacial score (nSPS) is 19.3. The first-order chi connectivity index (χ1) is 8.68. The van der Waals surface area contributed by atoms with Crippen LogP contribution < -0.4 is 15.5 Å². The molecule has 5 nitrogen and oxygen atoms in total. The third-order valence-corrected chi connectivity index (χ3v) is 3.21. The number of anilines is 2. The van der Waals surface area contributed by atoms with Gasteiger partial charge in [0.25, 0.3) is 0 Å². The third kappa shape index (κ3) is 2.98. The van der Waals surface area contributed by atoms with Crippen LogP contribution in [0.3, 0.4) is 0 Å². The van der Waals surface area contributed by atoms with Crippen LogP contribution in [0.25, 0.3) is 0 Å². The van der Waals surface area contributed by atoms with Gasteiger partial charge in [0.05, 0.1) is 23.5 Å². The number of amides is 1. The van der Waals surface area contributed by atoms with Crippen molar-refractivity contribution in [2.45, 2.75) is 12.8 Å². The molecule has 1 saturated heterocycles. The molecular formula is C13H20N4O. The van der Waals surface area contributed by atoms with E-state index in [-0.39, 0.29) is 11.8 Å². The van der Waals surface area contributed by atoms with Crippen molar-refractivity contribution >= 4 is 17.3 Å². The highest BCUT2D eigenvalue weighted by atomic mass is 16.1. The Balaban J connectivity index is 2.06. The van der Waals surface area contributed by atoms with Crippen molar-refractivity contribution in [2.24, 2.45) is 5.92 Å². The first-order valence-electron chi connectivity index (χ1n) is 6.31. The van der Waals surface area contributed by atoms with Crippen LogP contribution in [0.15, 0.2) is 18.5 Å². The topological polar surface area (TPSA) is 57.3 Å². The molecule has 1 aliphatic rings. The number of nitrogens with one attached hydrogen (secondary N) is 2. The molecule has 0 spiro atoms. The molecule has 18 heavy (non-hydrogen) atoms. The molecule has 1 aliphatic heterocycles. The Morgan fingerprint density at radius 1 is 1.56 bits per heavy atom. The zero-order valence-corrected chi connectivity index (χ0v) is 10.9. The summed E-state index contributed by atoms with van der Waals surface area (Å²) in [7, 11) is 3.90.